The lowest BCUT2D eigenvalue weighted by Crippen LogP contribution is -2.19. The maximum atomic E-state index is 9.65. The van der Waals surface area contributed by atoms with E-state index >= 15 is 0 Å². The maximum absolute atomic E-state index is 9.65. The highest BCUT2D eigenvalue weighted by Crippen LogP contribution is 2.39. The van der Waals surface area contributed by atoms with Crippen LogP contribution in [0.5, 0.6) is 11.8 Å². The molecule has 0 saturated heterocycles. The fourth-order valence-electron chi connectivity index (χ4n) is 2.65. The van der Waals surface area contributed by atoms with Crippen LogP contribution in [0.15, 0.2) is 11.2 Å². The molecule has 3 atom stereocenters. The average molecular weight is 298 g/mol. The molecule has 5 nitrogen and oxygen atoms in total. The number of hydrogen-bond acceptors (Lipinski definition) is 6. The molecule has 2 rings (SSSR count). The predicted molar refractivity (Wildman–Crippen MR) is 78.4 cm³/mol. The first-order chi connectivity index (χ1) is 9.66. The van der Waals surface area contributed by atoms with Gasteiger partial charge in [-0.05, 0) is 24.7 Å². The van der Waals surface area contributed by atoms with Crippen molar-refractivity contribution < 1.29 is 14.6 Å². The molecule has 1 heterocycles. The second kappa shape index (κ2) is 7.13. The molecule has 1 aromatic heterocycles. The smallest absolute Gasteiger partial charge is 0.220 e. The normalized spacial score (nSPS) is 23.6. The van der Waals surface area contributed by atoms with Crippen LogP contribution < -0.4 is 9.47 Å². The third-order valence-electron chi connectivity index (χ3n) is 3.77. The van der Waals surface area contributed by atoms with Gasteiger partial charge >= 0.3 is 0 Å². The van der Waals surface area contributed by atoms with Crippen LogP contribution in [-0.2, 0) is 0 Å². The zero-order valence-electron chi connectivity index (χ0n) is 12.2. The van der Waals surface area contributed by atoms with Crippen molar-refractivity contribution in [2.75, 3.05) is 20.8 Å². The van der Waals surface area contributed by atoms with E-state index in [-0.39, 0.29) is 11.9 Å². The van der Waals surface area contributed by atoms with E-state index in [9.17, 15) is 5.11 Å². The molecule has 112 valence electrons. The third kappa shape index (κ3) is 3.76. The molecule has 1 N–H and O–H groups in total. The maximum Gasteiger partial charge on any atom is 0.220 e. The number of ether oxygens (including phenoxy) is 2. The van der Waals surface area contributed by atoms with Crippen molar-refractivity contribution >= 4 is 11.8 Å². The van der Waals surface area contributed by atoms with Gasteiger partial charge in [0.25, 0.3) is 0 Å². The molecule has 20 heavy (non-hydrogen) atoms. The van der Waals surface area contributed by atoms with Crippen LogP contribution in [0.25, 0.3) is 0 Å². The Hall–Kier alpha value is -1.01. The van der Waals surface area contributed by atoms with Crippen molar-refractivity contribution in [1.29, 1.82) is 0 Å². The number of methoxy groups -OCH3 is 2. The molecule has 0 amide bonds. The fourth-order valence-corrected chi connectivity index (χ4v) is 3.72. The molecule has 1 aliphatic carbocycles. The second-order valence-corrected chi connectivity index (χ2v) is 6.46. The Labute approximate surface area is 124 Å². The average Bonchev–Trinajstić information content (AvgIpc) is 2.90. The fraction of sp³-hybridized carbons (Fsp3) is 0.714. The van der Waals surface area contributed by atoms with E-state index in [0.29, 0.717) is 22.8 Å². The molecule has 6 heteroatoms. The van der Waals surface area contributed by atoms with E-state index in [1.54, 1.807) is 20.3 Å². The number of aliphatic hydroxyl groups is 1. The summed E-state index contributed by atoms with van der Waals surface area (Å²) >= 11 is 1.51. The van der Waals surface area contributed by atoms with Crippen molar-refractivity contribution in [2.45, 2.75) is 36.6 Å². The van der Waals surface area contributed by atoms with Gasteiger partial charge in [-0.2, -0.15) is 9.97 Å². The van der Waals surface area contributed by atoms with E-state index < -0.39 is 0 Å². The van der Waals surface area contributed by atoms with Gasteiger partial charge in [-0.15, -0.1) is 0 Å². The zero-order chi connectivity index (χ0) is 14.5. The number of rotatable bonds is 6. The van der Waals surface area contributed by atoms with Crippen LogP contribution in [-0.4, -0.2) is 41.2 Å². The highest BCUT2D eigenvalue weighted by atomic mass is 32.2. The van der Waals surface area contributed by atoms with Gasteiger partial charge in [0.05, 0.1) is 26.9 Å². The van der Waals surface area contributed by atoms with Gasteiger partial charge < -0.3 is 14.6 Å². The molecular weight excluding hydrogens is 276 g/mol. The topological polar surface area (TPSA) is 64.5 Å². The molecule has 1 saturated carbocycles. The lowest BCUT2D eigenvalue weighted by Gasteiger charge is -2.20. The van der Waals surface area contributed by atoms with Gasteiger partial charge in [0.1, 0.15) is 0 Å². The Morgan fingerprint density at radius 2 is 1.95 bits per heavy atom. The largest absolute Gasteiger partial charge is 0.481 e. The molecule has 1 aliphatic rings. The van der Waals surface area contributed by atoms with E-state index in [2.05, 4.69) is 16.9 Å². The van der Waals surface area contributed by atoms with E-state index in [0.717, 1.165) is 5.92 Å². The molecule has 0 radical (unpaired) electrons. The van der Waals surface area contributed by atoms with Crippen molar-refractivity contribution in [2.24, 2.45) is 11.8 Å². The number of nitrogens with zero attached hydrogens (tertiary/aromatic N) is 2. The van der Waals surface area contributed by atoms with Crippen molar-refractivity contribution in [3.63, 3.8) is 0 Å². The molecule has 0 aliphatic heterocycles. The minimum Gasteiger partial charge on any atom is -0.481 e. The summed E-state index contributed by atoms with van der Waals surface area (Å²) in [6.07, 6.45) is 3.57. The van der Waals surface area contributed by atoms with E-state index in [1.165, 1.54) is 31.0 Å². The highest BCUT2D eigenvalue weighted by molar-refractivity contribution is 7.99. The Morgan fingerprint density at radius 1 is 1.30 bits per heavy atom. The van der Waals surface area contributed by atoms with Crippen molar-refractivity contribution in [1.82, 2.24) is 9.97 Å². The van der Waals surface area contributed by atoms with Crippen LogP contribution >= 0.6 is 11.8 Å². The molecule has 1 aromatic rings. The predicted octanol–water partition coefficient (Wildman–Crippen LogP) is 2.38. The summed E-state index contributed by atoms with van der Waals surface area (Å²) in [5, 5.41) is 10.4. The molecule has 0 aromatic carbocycles. The Kier molecular flexibility index (Phi) is 5.48. The summed E-state index contributed by atoms with van der Waals surface area (Å²) in [6, 6.07) is 1.65. The Balaban J connectivity index is 2.10. The van der Waals surface area contributed by atoms with Gasteiger partial charge in [-0.1, -0.05) is 25.1 Å². The number of thioether (sulfide) groups is 1. The summed E-state index contributed by atoms with van der Waals surface area (Å²) in [4.78, 5) is 8.63. The second-order valence-electron chi connectivity index (χ2n) is 5.25. The van der Waals surface area contributed by atoms with Crippen LogP contribution in [0.4, 0.5) is 0 Å². The summed E-state index contributed by atoms with van der Waals surface area (Å²) in [5.74, 6) is 2.24. The van der Waals surface area contributed by atoms with Gasteiger partial charge in [0.15, 0.2) is 5.16 Å². The lowest BCUT2D eigenvalue weighted by molar-refractivity contribution is 0.264. The molecule has 0 spiro atoms. The van der Waals surface area contributed by atoms with Crippen molar-refractivity contribution in [3.8, 4) is 11.8 Å². The minimum absolute atomic E-state index is 0.136. The zero-order valence-corrected chi connectivity index (χ0v) is 13.0. The van der Waals surface area contributed by atoms with Gasteiger partial charge in [-0.3, -0.25) is 0 Å². The Bertz CT molecular complexity index is 422. The van der Waals surface area contributed by atoms with Crippen LogP contribution in [0.3, 0.4) is 0 Å². The SMILES string of the molecule is COc1cc(OC)nc(SC(CO)C2CCC(C)C2)n1. The van der Waals surface area contributed by atoms with E-state index in [1.807, 2.05) is 0 Å². The molecular formula is C14H22N2O3S. The highest BCUT2D eigenvalue weighted by Gasteiger charge is 2.30. The summed E-state index contributed by atoms with van der Waals surface area (Å²) < 4.78 is 10.3. The van der Waals surface area contributed by atoms with Gasteiger partial charge in [0.2, 0.25) is 11.8 Å². The van der Waals surface area contributed by atoms with Crippen LogP contribution in [0.2, 0.25) is 0 Å². The number of hydrogen-bond donors (Lipinski definition) is 1. The minimum atomic E-state index is 0.136. The van der Waals surface area contributed by atoms with Crippen LogP contribution in [0, 0.1) is 11.8 Å². The molecule has 0 bridgehead atoms. The van der Waals surface area contributed by atoms with E-state index in [4.69, 9.17) is 9.47 Å². The first kappa shape index (κ1) is 15.4. The standard InChI is InChI=1S/C14H22N2O3S/c1-9-4-5-10(6-9)11(8-17)20-14-15-12(18-2)7-13(16-14)19-3/h7,9-11,17H,4-6,8H2,1-3H3. The first-order valence-corrected chi connectivity index (χ1v) is 7.78. The van der Waals surface area contributed by atoms with Gasteiger partial charge in [0, 0.05) is 5.25 Å². The third-order valence-corrected chi connectivity index (χ3v) is 5.00. The summed E-state index contributed by atoms with van der Waals surface area (Å²) in [7, 11) is 3.14. The number of aromatic nitrogens is 2. The monoisotopic (exact) mass is 298 g/mol. The Morgan fingerprint density at radius 3 is 2.40 bits per heavy atom. The lowest BCUT2D eigenvalue weighted by atomic mass is 10.0. The number of aliphatic hydroxyl groups excluding tert-OH is 1. The summed E-state index contributed by atoms with van der Waals surface area (Å²) in [5.41, 5.74) is 0. The van der Waals surface area contributed by atoms with Crippen molar-refractivity contribution in [3.05, 3.63) is 6.07 Å². The first-order valence-electron chi connectivity index (χ1n) is 6.90. The van der Waals surface area contributed by atoms with Crippen LogP contribution in [0.1, 0.15) is 26.2 Å². The quantitative estimate of drug-likeness (QED) is 0.642. The summed E-state index contributed by atoms with van der Waals surface area (Å²) in [6.45, 7) is 2.41. The van der Waals surface area contributed by atoms with Gasteiger partial charge in [-0.25, -0.2) is 0 Å². The molecule has 1 fully saturated rings. The molecule has 3 unspecified atom stereocenters.